The van der Waals surface area contributed by atoms with Crippen LogP contribution in [0.25, 0.3) is 0 Å². The SMILES string of the molecule is CN(C)CC1=C(NC(=O)Nc2ccc(Cl)cc2)COC1=O. The third-order valence-electron chi connectivity index (χ3n) is 2.80. The summed E-state index contributed by atoms with van der Waals surface area (Å²) in [7, 11) is 3.67. The van der Waals surface area contributed by atoms with Gasteiger partial charge in [0.1, 0.15) is 6.61 Å². The van der Waals surface area contributed by atoms with Gasteiger partial charge in [-0.2, -0.15) is 0 Å². The fourth-order valence-corrected chi connectivity index (χ4v) is 1.98. The predicted molar refractivity (Wildman–Crippen MR) is 80.1 cm³/mol. The Morgan fingerprint density at radius 1 is 1.29 bits per heavy atom. The van der Waals surface area contributed by atoms with Gasteiger partial charge < -0.3 is 20.3 Å². The summed E-state index contributed by atoms with van der Waals surface area (Å²) in [5.74, 6) is -0.398. The minimum Gasteiger partial charge on any atom is -0.456 e. The zero-order valence-corrected chi connectivity index (χ0v) is 12.5. The van der Waals surface area contributed by atoms with Crippen molar-refractivity contribution >= 4 is 29.3 Å². The van der Waals surface area contributed by atoms with E-state index < -0.39 is 12.0 Å². The molecule has 21 heavy (non-hydrogen) atoms. The van der Waals surface area contributed by atoms with Crippen molar-refractivity contribution < 1.29 is 14.3 Å². The lowest BCUT2D eigenvalue weighted by Gasteiger charge is -2.11. The maximum atomic E-state index is 11.9. The fourth-order valence-electron chi connectivity index (χ4n) is 1.86. The minimum atomic E-state index is -0.429. The number of hydrogen-bond donors (Lipinski definition) is 2. The Balaban J connectivity index is 2.02. The van der Waals surface area contributed by atoms with Crippen LogP contribution in [0.2, 0.25) is 5.02 Å². The predicted octanol–water partition coefficient (Wildman–Crippen LogP) is 1.83. The smallest absolute Gasteiger partial charge is 0.337 e. The van der Waals surface area contributed by atoms with Gasteiger partial charge in [-0.15, -0.1) is 0 Å². The Morgan fingerprint density at radius 2 is 1.95 bits per heavy atom. The molecule has 0 saturated carbocycles. The Kier molecular flexibility index (Phi) is 4.82. The van der Waals surface area contributed by atoms with E-state index in [0.29, 0.717) is 28.5 Å². The summed E-state index contributed by atoms with van der Waals surface area (Å²) in [6.07, 6.45) is 0. The molecule has 0 aliphatic carbocycles. The van der Waals surface area contributed by atoms with E-state index in [4.69, 9.17) is 16.3 Å². The fraction of sp³-hybridized carbons (Fsp3) is 0.286. The van der Waals surface area contributed by atoms with Gasteiger partial charge in [0.2, 0.25) is 0 Å². The van der Waals surface area contributed by atoms with Crippen LogP contribution in [0.4, 0.5) is 10.5 Å². The number of carbonyl (C=O) groups excluding carboxylic acids is 2. The summed E-state index contributed by atoms with van der Waals surface area (Å²) in [5.41, 5.74) is 1.56. The molecule has 2 N–H and O–H groups in total. The zero-order valence-electron chi connectivity index (χ0n) is 11.8. The first-order chi connectivity index (χ1) is 9.95. The molecule has 112 valence electrons. The van der Waals surface area contributed by atoms with Crippen LogP contribution < -0.4 is 10.6 Å². The number of cyclic esters (lactones) is 1. The van der Waals surface area contributed by atoms with E-state index in [1.54, 1.807) is 24.3 Å². The van der Waals surface area contributed by atoms with E-state index >= 15 is 0 Å². The van der Waals surface area contributed by atoms with Crippen molar-refractivity contribution in [1.82, 2.24) is 10.2 Å². The van der Waals surface area contributed by atoms with Crippen molar-refractivity contribution in [2.24, 2.45) is 0 Å². The van der Waals surface area contributed by atoms with Crippen LogP contribution >= 0.6 is 11.6 Å². The van der Waals surface area contributed by atoms with Crippen molar-refractivity contribution in [3.8, 4) is 0 Å². The molecule has 2 rings (SSSR count). The summed E-state index contributed by atoms with van der Waals surface area (Å²) in [6, 6.07) is 6.30. The highest BCUT2D eigenvalue weighted by molar-refractivity contribution is 6.30. The Morgan fingerprint density at radius 3 is 2.57 bits per heavy atom. The number of carbonyl (C=O) groups is 2. The lowest BCUT2D eigenvalue weighted by molar-refractivity contribution is -0.136. The molecule has 1 aromatic rings. The number of amides is 2. The monoisotopic (exact) mass is 309 g/mol. The van der Waals surface area contributed by atoms with Gasteiger partial charge in [-0.05, 0) is 38.4 Å². The number of urea groups is 1. The molecule has 0 radical (unpaired) electrons. The van der Waals surface area contributed by atoms with Crippen LogP contribution in [0.3, 0.4) is 0 Å². The van der Waals surface area contributed by atoms with E-state index in [1.165, 1.54) is 0 Å². The number of likely N-dealkylation sites (N-methyl/N-ethyl adjacent to an activating group) is 1. The lowest BCUT2D eigenvalue weighted by atomic mass is 10.2. The Bertz CT molecular complexity index is 582. The molecular weight excluding hydrogens is 294 g/mol. The number of benzene rings is 1. The van der Waals surface area contributed by atoms with Gasteiger partial charge in [-0.3, -0.25) is 0 Å². The number of halogens is 1. The number of anilines is 1. The first-order valence-corrected chi connectivity index (χ1v) is 6.71. The average molecular weight is 310 g/mol. The number of hydrogen-bond acceptors (Lipinski definition) is 4. The van der Waals surface area contributed by atoms with Crippen LogP contribution in [-0.2, 0) is 9.53 Å². The number of nitrogens with one attached hydrogen (secondary N) is 2. The molecule has 1 aromatic carbocycles. The zero-order chi connectivity index (χ0) is 15.4. The van der Waals surface area contributed by atoms with E-state index in [9.17, 15) is 9.59 Å². The van der Waals surface area contributed by atoms with Crippen molar-refractivity contribution in [1.29, 1.82) is 0 Å². The molecule has 0 bridgehead atoms. The highest BCUT2D eigenvalue weighted by Gasteiger charge is 2.26. The molecule has 7 heteroatoms. The van der Waals surface area contributed by atoms with Crippen LogP contribution in [0, 0.1) is 0 Å². The highest BCUT2D eigenvalue weighted by atomic mass is 35.5. The van der Waals surface area contributed by atoms with E-state index in [0.717, 1.165) is 0 Å². The van der Waals surface area contributed by atoms with E-state index in [2.05, 4.69) is 10.6 Å². The van der Waals surface area contributed by atoms with Crippen LogP contribution in [0.15, 0.2) is 35.5 Å². The molecule has 0 unspecified atom stereocenters. The minimum absolute atomic E-state index is 0.0794. The molecular formula is C14H16ClN3O3. The van der Waals surface area contributed by atoms with Gasteiger partial charge in [0.15, 0.2) is 0 Å². The molecule has 0 saturated heterocycles. The van der Waals surface area contributed by atoms with Gasteiger partial charge in [0.25, 0.3) is 0 Å². The topological polar surface area (TPSA) is 70.7 Å². The molecule has 1 aliphatic rings. The number of nitrogens with zero attached hydrogens (tertiary/aromatic N) is 1. The van der Waals surface area contributed by atoms with Crippen molar-refractivity contribution in [2.45, 2.75) is 0 Å². The first kappa shape index (κ1) is 15.3. The van der Waals surface area contributed by atoms with Crippen molar-refractivity contribution in [2.75, 3.05) is 32.6 Å². The highest BCUT2D eigenvalue weighted by Crippen LogP contribution is 2.16. The second-order valence-electron chi connectivity index (χ2n) is 4.86. The van der Waals surface area contributed by atoms with Crippen molar-refractivity contribution in [3.05, 3.63) is 40.6 Å². The number of rotatable bonds is 4. The first-order valence-electron chi connectivity index (χ1n) is 6.33. The van der Waals surface area contributed by atoms with Gasteiger partial charge in [0, 0.05) is 17.3 Å². The third kappa shape index (κ3) is 4.21. The molecule has 0 atom stereocenters. The van der Waals surface area contributed by atoms with Gasteiger partial charge in [0.05, 0.1) is 11.3 Å². The molecule has 1 aliphatic heterocycles. The van der Waals surface area contributed by atoms with Gasteiger partial charge in [-0.25, -0.2) is 9.59 Å². The molecule has 2 amide bonds. The summed E-state index contributed by atoms with van der Waals surface area (Å²) in [6.45, 7) is 0.492. The van der Waals surface area contributed by atoms with E-state index in [-0.39, 0.29) is 6.61 Å². The summed E-state index contributed by atoms with van der Waals surface area (Å²) in [4.78, 5) is 25.4. The average Bonchev–Trinajstić information content (AvgIpc) is 2.73. The summed E-state index contributed by atoms with van der Waals surface area (Å²) in [5, 5.41) is 5.90. The number of ether oxygens (including phenoxy) is 1. The maximum Gasteiger partial charge on any atom is 0.337 e. The second-order valence-corrected chi connectivity index (χ2v) is 5.29. The molecule has 0 fully saturated rings. The van der Waals surface area contributed by atoms with Crippen LogP contribution in [0.5, 0.6) is 0 Å². The van der Waals surface area contributed by atoms with Gasteiger partial charge in [-0.1, -0.05) is 11.6 Å². The Hall–Kier alpha value is -2.05. The van der Waals surface area contributed by atoms with Crippen molar-refractivity contribution in [3.63, 3.8) is 0 Å². The van der Waals surface area contributed by atoms with Gasteiger partial charge >= 0.3 is 12.0 Å². The molecule has 6 nitrogen and oxygen atoms in total. The number of esters is 1. The largest absolute Gasteiger partial charge is 0.456 e. The second kappa shape index (κ2) is 6.60. The quantitative estimate of drug-likeness (QED) is 0.833. The van der Waals surface area contributed by atoms with Crippen LogP contribution in [0.1, 0.15) is 0 Å². The summed E-state index contributed by atoms with van der Waals surface area (Å²) < 4.78 is 4.95. The van der Waals surface area contributed by atoms with Crippen LogP contribution in [-0.4, -0.2) is 44.1 Å². The lowest BCUT2D eigenvalue weighted by Crippen LogP contribution is -2.30. The summed E-state index contributed by atoms with van der Waals surface area (Å²) >= 11 is 5.77. The Labute approximate surface area is 127 Å². The molecule has 0 spiro atoms. The molecule has 1 heterocycles. The van der Waals surface area contributed by atoms with E-state index in [1.807, 2.05) is 19.0 Å². The normalized spacial score (nSPS) is 14.4. The standard InChI is InChI=1S/C14H16ClN3O3/c1-18(2)7-11-12(8-21-13(11)19)17-14(20)16-10-5-3-9(15)4-6-10/h3-6H,7-8H2,1-2H3,(H2,16,17,20). The third-order valence-corrected chi connectivity index (χ3v) is 3.05. The molecule has 0 aromatic heterocycles. The maximum absolute atomic E-state index is 11.9.